The van der Waals surface area contributed by atoms with E-state index in [1.165, 1.54) is 24.3 Å². The molecule has 0 saturated heterocycles. The number of hydrogen-bond donors (Lipinski definition) is 4. The summed E-state index contributed by atoms with van der Waals surface area (Å²) in [5, 5.41) is 26.3. The second-order valence-electron chi connectivity index (χ2n) is 7.97. The summed E-state index contributed by atoms with van der Waals surface area (Å²) >= 11 is 3.30. The van der Waals surface area contributed by atoms with E-state index < -0.39 is 11.9 Å². The van der Waals surface area contributed by atoms with Crippen LogP contribution in [-0.4, -0.2) is 28.0 Å². The topological polar surface area (TPSA) is 116 Å². The van der Waals surface area contributed by atoms with Crippen LogP contribution in [0.1, 0.15) is 31.8 Å². The monoisotopic (exact) mass is 544 g/mol. The smallest absolute Gasteiger partial charge is 0.352 e. The van der Waals surface area contributed by atoms with E-state index in [1.807, 2.05) is 36.4 Å². The van der Waals surface area contributed by atoms with Crippen molar-refractivity contribution in [2.24, 2.45) is 0 Å². The molecule has 36 heavy (non-hydrogen) atoms. The van der Waals surface area contributed by atoms with Crippen LogP contribution in [-0.2, 0) is 11.3 Å². The Morgan fingerprint density at radius 3 is 2.33 bits per heavy atom. The minimum absolute atomic E-state index is 0.107. The second-order valence-corrected chi connectivity index (χ2v) is 8.83. The van der Waals surface area contributed by atoms with E-state index in [1.54, 1.807) is 30.3 Å². The average molecular weight is 545 g/mol. The van der Waals surface area contributed by atoms with Crippen LogP contribution in [0.15, 0.2) is 95.1 Å². The summed E-state index contributed by atoms with van der Waals surface area (Å²) in [6, 6.07) is 24.1. The number of hydrogen-bond acceptors (Lipinski definition) is 4. The Morgan fingerprint density at radius 2 is 1.61 bits per heavy atom. The number of carboxylic acids is 1. The Hall–Kier alpha value is -4.43. The number of nitrogens with one attached hydrogen (secondary N) is 2. The predicted octanol–water partition coefficient (Wildman–Crippen LogP) is 5.09. The van der Waals surface area contributed by atoms with Crippen LogP contribution in [0.4, 0.5) is 0 Å². The standard InChI is InChI=1S/C28H21BrN2O5/c29-24-15-21(26(33)30-16-18-4-3-7-22(32)13-18)10-11-23(24)27(34)31-25(28(35)36)14-17-8-9-19-5-1-2-6-20(19)12-17/h1-15,32H,16H2,(H,30,33)(H,31,34)(H,35,36). The first-order valence-electron chi connectivity index (χ1n) is 10.9. The minimum atomic E-state index is -1.28. The van der Waals surface area contributed by atoms with Gasteiger partial charge in [0.1, 0.15) is 11.4 Å². The van der Waals surface area contributed by atoms with Crippen molar-refractivity contribution in [1.29, 1.82) is 0 Å². The van der Waals surface area contributed by atoms with Crippen LogP contribution in [0.5, 0.6) is 5.75 Å². The number of phenols is 1. The highest BCUT2D eigenvalue weighted by Gasteiger charge is 2.17. The number of benzene rings is 4. The maximum atomic E-state index is 12.8. The third-order valence-corrected chi connectivity index (χ3v) is 6.06. The lowest BCUT2D eigenvalue weighted by Gasteiger charge is -2.10. The number of aromatic hydroxyl groups is 1. The van der Waals surface area contributed by atoms with Gasteiger partial charge in [-0.2, -0.15) is 0 Å². The molecule has 0 atom stereocenters. The van der Waals surface area contributed by atoms with Gasteiger partial charge in [0.15, 0.2) is 0 Å². The number of phenolic OH excluding ortho intramolecular Hbond substituents is 1. The van der Waals surface area contributed by atoms with Crippen molar-refractivity contribution in [3.8, 4) is 5.75 Å². The van der Waals surface area contributed by atoms with Crippen LogP contribution in [0, 0.1) is 0 Å². The molecule has 2 amide bonds. The van der Waals surface area contributed by atoms with E-state index in [4.69, 9.17) is 0 Å². The number of carbonyl (C=O) groups excluding carboxylic acids is 2. The van der Waals surface area contributed by atoms with Crippen molar-refractivity contribution in [3.05, 3.63) is 117 Å². The Balaban J connectivity index is 1.48. The van der Waals surface area contributed by atoms with Gasteiger partial charge in [0.2, 0.25) is 0 Å². The molecule has 180 valence electrons. The molecule has 0 radical (unpaired) electrons. The second kappa shape index (κ2) is 10.9. The molecule has 4 aromatic rings. The summed E-state index contributed by atoms with van der Waals surface area (Å²) in [5.41, 5.74) is 1.56. The molecule has 0 aliphatic rings. The lowest BCUT2D eigenvalue weighted by atomic mass is 10.1. The first kappa shape index (κ1) is 24.7. The molecule has 0 bridgehead atoms. The van der Waals surface area contributed by atoms with Crippen LogP contribution in [0.2, 0.25) is 0 Å². The lowest BCUT2D eigenvalue weighted by molar-refractivity contribution is -0.132. The quantitative estimate of drug-likeness (QED) is 0.242. The van der Waals surface area contributed by atoms with Crippen LogP contribution in [0.25, 0.3) is 16.8 Å². The highest BCUT2D eigenvalue weighted by atomic mass is 79.9. The molecule has 0 fully saturated rings. The number of aliphatic carboxylic acids is 1. The van der Waals surface area contributed by atoms with Crippen molar-refractivity contribution in [3.63, 3.8) is 0 Å². The minimum Gasteiger partial charge on any atom is -0.508 e. The fourth-order valence-electron chi connectivity index (χ4n) is 3.60. The molecule has 4 aromatic carbocycles. The van der Waals surface area contributed by atoms with Crippen LogP contribution >= 0.6 is 15.9 Å². The Kier molecular flexibility index (Phi) is 7.46. The van der Waals surface area contributed by atoms with Gasteiger partial charge in [-0.25, -0.2) is 4.79 Å². The first-order valence-corrected chi connectivity index (χ1v) is 11.7. The highest BCUT2D eigenvalue weighted by Crippen LogP contribution is 2.21. The van der Waals surface area contributed by atoms with E-state index in [0.717, 1.165) is 16.3 Å². The zero-order valence-corrected chi connectivity index (χ0v) is 20.5. The first-order chi connectivity index (χ1) is 17.3. The lowest BCUT2D eigenvalue weighted by Crippen LogP contribution is -2.28. The molecule has 8 heteroatoms. The third-order valence-electron chi connectivity index (χ3n) is 5.40. The molecule has 0 aliphatic carbocycles. The van der Waals surface area contributed by atoms with Gasteiger partial charge in [-0.15, -0.1) is 0 Å². The Morgan fingerprint density at radius 1 is 0.833 bits per heavy atom. The van der Waals surface area contributed by atoms with E-state index >= 15 is 0 Å². The van der Waals surface area contributed by atoms with Gasteiger partial charge in [-0.05, 0) is 80.3 Å². The summed E-state index contributed by atoms with van der Waals surface area (Å²) in [6.07, 6.45) is 1.39. The highest BCUT2D eigenvalue weighted by molar-refractivity contribution is 9.10. The molecule has 7 nitrogen and oxygen atoms in total. The number of rotatable bonds is 7. The summed E-state index contributed by atoms with van der Waals surface area (Å²) < 4.78 is 0.334. The third kappa shape index (κ3) is 5.97. The molecule has 0 heterocycles. The van der Waals surface area contributed by atoms with Crippen LogP contribution < -0.4 is 10.6 Å². The van der Waals surface area contributed by atoms with Crippen molar-refractivity contribution >= 4 is 50.6 Å². The molecular weight excluding hydrogens is 524 g/mol. The van der Waals surface area contributed by atoms with Gasteiger partial charge in [-0.1, -0.05) is 48.5 Å². The van der Waals surface area contributed by atoms with Crippen molar-refractivity contribution in [2.45, 2.75) is 6.54 Å². The van der Waals surface area contributed by atoms with Gasteiger partial charge in [0.25, 0.3) is 11.8 Å². The number of carboxylic acid groups (broad SMARTS) is 1. The summed E-state index contributed by atoms with van der Waals surface area (Å²) in [4.78, 5) is 37.2. The fourth-order valence-corrected chi connectivity index (χ4v) is 4.16. The maximum Gasteiger partial charge on any atom is 0.352 e. The molecule has 0 saturated carbocycles. The zero-order valence-electron chi connectivity index (χ0n) is 18.9. The Labute approximate surface area is 215 Å². The van der Waals surface area contributed by atoms with Crippen LogP contribution in [0.3, 0.4) is 0 Å². The SMILES string of the molecule is O=C(O)C(=Cc1ccc2ccccc2c1)NC(=O)c1ccc(C(=O)NCc2cccc(O)c2)cc1Br. The van der Waals surface area contributed by atoms with Crippen molar-refractivity contribution in [1.82, 2.24) is 10.6 Å². The molecule has 4 rings (SSSR count). The number of amides is 2. The molecule has 4 N–H and O–H groups in total. The van der Waals surface area contributed by atoms with Gasteiger partial charge >= 0.3 is 5.97 Å². The number of halogens is 1. The predicted molar refractivity (Wildman–Crippen MR) is 140 cm³/mol. The zero-order chi connectivity index (χ0) is 25.7. The van der Waals surface area contributed by atoms with Gasteiger partial charge in [0, 0.05) is 16.6 Å². The largest absolute Gasteiger partial charge is 0.508 e. The number of carbonyl (C=O) groups is 3. The van der Waals surface area contributed by atoms with E-state index in [2.05, 4.69) is 26.6 Å². The molecule has 0 spiro atoms. The Bertz CT molecular complexity index is 1510. The van der Waals surface area contributed by atoms with Crippen molar-refractivity contribution in [2.75, 3.05) is 0 Å². The molecular formula is C28H21BrN2O5. The summed E-state index contributed by atoms with van der Waals surface area (Å²) in [7, 11) is 0. The average Bonchev–Trinajstić information content (AvgIpc) is 2.86. The van der Waals surface area contributed by atoms with Gasteiger partial charge < -0.3 is 20.8 Å². The molecule has 0 aliphatic heterocycles. The van der Waals surface area contributed by atoms with E-state index in [9.17, 15) is 24.6 Å². The summed E-state index contributed by atoms with van der Waals surface area (Å²) in [6.45, 7) is 0.217. The molecule has 0 aromatic heterocycles. The maximum absolute atomic E-state index is 12.8. The fraction of sp³-hybridized carbons (Fsp3) is 0.0357. The van der Waals surface area contributed by atoms with Gasteiger partial charge in [0.05, 0.1) is 5.56 Å². The molecule has 0 unspecified atom stereocenters. The van der Waals surface area contributed by atoms with Crippen molar-refractivity contribution < 1.29 is 24.6 Å². The number of fused-ring (bicyclic) bond motifs is 1. The van der Waals surface area contributed by atoms with Gasteiger partial charge in [-0.3, -0.25) is 9.59 Å². The normalized spacial score (nSPS) is 11.2. The van der Waals surface area contributed by atoms with E-state index in [-0.39, 0.29) is 29.5 Å². The summed E-state index contributed by atoms with van der Waals surface area (Å²) in [5.74, 6) is -2.18. The van der Waals surface area contributed by atoms with E-state index in [0.29, 0.717) is 15.6 Å².